The Balaban J connectivity index is 1.93. The second-order valence-corrected chi connectivity index (χ2v) is 4.72. The fourth-order valence-electron chi connectivity index (χ4n) is 2.27. The van der Waals surface area contributed by atoms with E-state index in [1.807, 2.05) is 12.1 Å². The largest absolute Gasteiger partial charge is 0.462 e. The van der Waals surface area contributed by atoms with Crippen LogP contribution in [0.4, 0.5) is 0 Å². The highest BCUT2D eigenvalue weighted by molar-refractivity contribution is 5.27. The van der Waals surface area contributed by atoms with Gasteiger partial charge >= 0.3 is 0 Å². The maximum Gasteiger partial charge on any atom is 0.126 e. The van der Waals surface area contributed by atoms with Gasteiger partial charge in [-0.1, -0.05) is 43.5 Å². The number of hydrogen-bond donors (Lipinski definition) is 0. The Kier molecular flexibility index (Phi) is 3.66. The molecule has 0 unspecified atom stereocenters. The summed E-state index contributed by atoms with van der Waals surface area (Å²) in [7, 11) is 0. The van der Waals surface area contributed by atoms with E-state index in [1.54, 1.807) is 0 Å². The highest BCUT2D eigenvalue weighted by Crippen LogP contribution is 2.30. The van der Waals surface area contributed by atoms with Gasteiger partial charge in [0.05, 0.1) is 5.76 Å². The summed E-state index contributed by atoms with van der Waals surface area (Å²) in [4.78, 5) is 0. The van der Waals surface area contributed by atoms with Gasteiger partial charge in [0, 0.05) is 5.92 Å². The highest BCUT2D eigenvalue weighted by Gasteiger charge is 2.17. The average molecular weight is 216 g/mol. The summed E-state index contributed by atoms with van der Waals surface area (Å²) >= 11 is 0. The Morgan fingerprint density at radius 2 is 1.75 bits per heavy atom. The number of aryl methyl sites for hydroxylation is 1. The molecule has 0 aliphatic heterocycles. The molecule has 86 valence electrons. The van der Waals surface area contributed by atoms with Crippen molar-refractivity contribution in [2.24, 2.45) is 5.92 Å². The molecule has 0 N–H and O–H groups in total. The van der Waals surface area contributed by atoms with Gasteiger partial charge in [-0.05, 0) is 31.9 Å². The van der Waals surface area contributed by atoms with Crippen LogP contribution in [0.15, 0.2) is 36.6 Å². The van der Waals surface area contributed by atoms with Crippen LogP contribution in [0.2, 0.25) is 0 Å². The van der Waals surface area contributed by atoms with Gasteiger partial charge in [-0.2, -0.15) is 0 Å². The van der Waals surface area contributed by atoms with E-state index in [0.717, 1.165) is 11.5 Å². The minimum absolute atomic E-state index is 0.565. The van der Waals surface area contributed by atoms with E-state index in [0.29, 0.717) is 5.92 Å². The molecule has 0 bridgehead atoms. The first-order valence-corrected chi connectivity index (χ1v) is 6.19. The molecule has 1 aromatic rings. The van der Waals surface area contributed by atoms with Gasteiger partial charge in [-0.3, -0.25) is 0 Å². The van der Waals surface area contributed by atoms with Crippen molar-refractivity contribution in [2.45, 2.75) is 39.0 Å². The topological polar surface area (TPSA) is 9.23 Å². The number of allylic oxidation sites excluding steroid dienone is 1. The Labute approximate surface area is 98.1 Å². The fourth-order valence-corrected chi connectivity index (χ4v) is 2.27. The SMILES string of the molecule is C=C(Oc1ccc(C)cc1)C1CCCCC1. The molecule has 1 aliphatic carbocycles. The van der Waals surface area contributed by atoms with Crippen LogP contribution in [0.3, 0.4) is 0 Å². The molecule has 1 aromatic carbocycles. The van der Waals surface area contributed by atoms with Gasteiger partial charge in [0.2, 0.25) is 0 Å². The summed E-state index contributed by atoms with van der Waals surface area (Å²) in [6, 6.07) is 8.18. The third-order valence-corrected chi connectivity index (χ3v) is 3.33. The molecular formula is C15H20O. The van der Waals surface area contributed by atoms with Crippen LogP contribution in [-0.2, 0) is 0 Å². The Morgan fingerprint density at radius 1 is 1.12 bits per heavy atom. The molecule has 0 saturated heterocycles. The number of hydrogen-bond acceptors (Lipinski definition) is 1. The predicted molar refractivity (Wildman–Crippen MR) is 67.5 cm³/mol. The average Bonchev–Trinajstić information content (AvgIpc) is 2.33. The molecule has 2 rings (SSSR count). The molecule has 1 aliphatic rings. The van der Waals surface area contributed by atoms with Crippen LogP contribution in [0, 0.1) is 12.8 Å². The zero-order valence-corrected chi connectivity index (χ0v) is 10.0. The van der Waals surface area contributed by atoms with Gasteiger partial charge in [0.15, 0.2) is 0 Å². The van der Waals surface area contributed by atoms with Crippen molar-refractivity contribution < 1.29 is 4.74 Å². The van der Waals surface area contributed by atoms with Crippen molar-refractivity contribution in [3.05, 3.63) is 42.2 Å². The number of ether oxygens (including phenoxy) is 1. The summed E-state index contributed by atoms with van der Waals surface area (Å²) in [6.07, 6.45) is 6.49. The van der Waals surface area contributed by atoms with E-state index >= 15 is 0 Å². The summed E-state index contributed by atoms with van der Waals surface area (Å²) < 4.78 is 5.81. The first kappa shape index (κ1) is 11.3. The smallest absolute Gasteiger partial charge is 0.126 e. The molecule has 0 atom stereocenters. The zero-order valence-electron chi connectivity index (χ0n) is 10.0. The van der Waals surface area contributed by atoms with Gasteiger partial charge in [0.25, 0.3) is 0 Å². The molecule has 0 radical (unpaired) electrons. The molecule has 1 fully saturated rings. The van der Waals surface area contributed by atoms with Gasteiger partial charge in [0.1, 0.15) is 5.75 Å². The lowest BCUT2D eigenvalue weighted by Gasteiger charge is -2.23. The van der Waals surface area contributed by atoms with Crippen LogP contribution in [0.1, 0.15) is 37.7 Å². The minimum atomic E-state index is 0.565. The van der Waals surface area contributed by atoms with Crippen molar-refractivity contribution in [2.75, 3.05) is 0 Å². The first-order valence-electron chi connectivity index (χ1n) is 6.19. The monoisotopic (exact) mass is 216 g/mol. The van der Waals surface area contributed by atoms with Crippen molar-refractivity contribution in [1.82, 2.24) is 0 Å². The third-order valence-electron chi connectivity index (χ3n) is 3.33. The lowest BCUT2D eigenvalue weighted by molar-refractivity contribution is 0.291. The summed E-state index contributed by atoms with van der Waals surface area (Å²) in [5, 5.41) is 0. The van der Waals surface area contributed by atoms with Gasteiger partial charge in [-0.25, -0.2) is 0 Å². The normalized spacial score (nSPS) is 17.1. The van der Waals surface area contributed by atoms with E-state index in [2.05, 4.69) is 25.6 Å². The minimum Gasteiger partial charge on any atom is -0.462 e. The lowest BCUT2D eigenvalue weighted by Crippen LogP contribution is -2.12. The molecule has 1 nitrogen and oxygen atoms in total. The second-order valence-electron chi connectivity index (χ2n) is 4.72. The molecule has 0 heterocycles. The molecule has 1 heteroatoms. The van der Waals surface area contributed by atoms with E-state index < -0.39 is 0 Å². The van der Waals surface area contributed by atoms with Crippen LogP contribution in [0.5, 0.6) is 5.75 Å². The zero-order chi connectivity index (χ0) is 11.4. The molecular weight excluding hydrogens is 196 g/mol. The van der Waals surface area contributed by atoms with Crippen molar-refractivity contribution in [1.29, 1.82) is 0 Å². The van der Waals surface area contributed by atoms with E-state index in [-0.39, 0.29) is 0 Å². The number of benzene rings is 1. The van der Waals surface area contributed by atoms with Gasteiger partial charge in [-0.15, -0.1) is 0 Å². The summed E-state index contributed by atoms with van der Waals surface area (Å²) in [5.41, 5.74) is 1.26. The maximum atomic E-state index is 5.81. The Bertz CT molecular complexity index is 344. The Morgan fingerprint density at radius 3 is 2.38 bits per heavy atom. The van der Waals surface area contributed by atoms with Crippen LogP contribution in [0.25, 0.3) is 0 Å². The van der Waals surface area contributed by atoms with Crippen LogP contribution < -0.4 is 4.74 Å². The van der Waals surface area contributed by atoms with Crippen molar-refractivity contribution in [3.8, 4) is 5.75 Å². The van der Waals surface area contributed by atoms with E-state index in [1.165, 1.54) is 37.7 Å². The summed E-state index contributed by atoms with van der Waals surface area (Å²) in [5.74, 6) is 2.43. The predicted octanol–water partition coefficient (Wildman–Crippen LogP) is 4.47. The molecule has 0 spiro atoms. The highest BCUT2D eigenvalue weighted by atomic mass is 16.5. The summed E-state index contributed by atoms with van der Waals surface area (Å²) in [6.45, 7) is 6.16. The number of rotatable bonds is 3. The Hall–Kier alpha value is -1.24. The quantitative estimate of drug-likeness (QED) is 0.677. The van der Waals surface area contributed by atoms with Crippen molar-refractivity contribution >= 4 is 0 Å². The van der Waals surface area contributed by atoms with E-state index in [9.17, 15) is 0 Å². The molecule has 0 amide bonds. The van der Waals surface area contributed by atoms with E-state index in [4.69, 9.17) is 4.74 Å². The second kappa shape index (κ2) is 5.20. The lowest BCUT2D eigenvalue weighted by atomic mass is 9.88. The maximum absolute atomic E-state index is 5.81. The molecule has 1 saturated carbocycles. The third kappa shape index (κ3) is 2.88. The van der Waals surface area contributed by atoms with Gasteiger partial charge < -0.3 is 4.74 Å². The van der Waals surface area contributed by atoms with Crippen molar-refractivity contribution in [3.63, 3.8) is 0 Å². The standard InChI is InChI=1S/C15H20O/c1-12-8-10-15(11-9-12)16-13(2)14-6-4-3-5-7-14/h8-11,14H,2-7H2,1H3. The molecule has 16 heavy (non-hydrogen) atoms. The van der Waals surface area contributed by atoms with Crippen LogP contribution >= 0.6 is 0 Å². The fraction of sp³-hybridized carbons (Fsp3) is 0.467. The first-order chi connectivity index (χ1) is 7.75. The van der Waals surface area contributed by atoms with Crippen LogP contribution in [-0.4, -0.2) is 0 Å². The molecule has 0 aromatic heterocycles.